The number of hydrogen-bond donors (Lipinski definition) is 0. The van der Waals surface area contributed by atoms with Crippen molar-refractivity contribution in [3.63, 3.8) is 0 Å². The average molecular weight is 566 g/mol. The molecule has 40 heavy (non-hydrogen) atoms. The Morgan fingerprint density at radius 2 is 1.68 bits per heavy atom. The van der Waals surface area contributed by atoms with Crippen LogP contribution in [0.15, 0.2) is 90.9 Å². The van der Waals surface area contributed by atoms with Crippen LogP contribution in [-0.4, -0.2) is 42.6 Å². The third-order valence-electron chi connectivity index (χ3n) is 6.83. The first-order chi connectivity index (χ1) is 18.7. The van der Waals surface area contributed by atoms with Crippen molar-refractivity contribution in [2.75, 3.05) is 21.1 Å². The molecule has 0 saturated carbocycles. The second-order valence-electron chi connectivity index (χ2n) is 9.94. The van der Waals surface area contributed by atoms with Crippen molar-refractivity contribution in [3.05, 3.63) is 113 Å². The van der Waals surface area contributed by atoms with E-state index in [9.17, 15) is 9.59 Å². The molecule has 5 nitrogen and oxygen atoms in total. The zero-order valence-electron chi connectivity index (χ0n) is 25.7. The molecule has 0 fully saturated rings. The molecule has 1 heterocycles. The van der Waals surface area contributed by atoms with Crippen LogP contribution in [0, 0.1) is 5.92 Å². The summed E-state index contributed by atoms with van der Waals surface area (Å²) in [6.45, 7) is 11.8. The molecule has 6 heteroatoms. The second kappa shape index (κ2) is 18.3. The zero-order chi connectivity index (χ0) is 28.9. The molecular formula is C34H44KN3O2. The molecule has 0 spiro atoms. The van der Waals surface area contributed by atoms with Gasteiger partial charge in [0.1, 0.15) is 0 Å². The van der Waals surface area contributed by atoms with Crippen LogP contribution in [0.25, 0.3) is 10.9 Å². The molecule has 1 amide bonds. The fourth-order valence-electron chi connectivity index (χ4n) is 4.31. The van der Waals surface area contributed by atoms with E-state index in [0.29, 0.717) is 5.56 Å². The summed E-state index contributed by atoms with van der Waals surface area (Å²) in [6, 6.07) is 16.0. The summed E-state index contributed by atoms with van der Waals surface area (Å²) in [5.74, 6) is 0.205. The van der Waals surface area contributed by atoms with Gasteiger partial charge in [0.25, 0.3) is 5.91 Å². The number of nitrogens with zero attached hydrogens (tertiary/aromatic N) is 3. The van der Waals surface area contributed by atoms with Crippen LogP contribution in [-0.2, 0) is 11.2 Å². The minimum atomic E-state index is -0.0243. The fraction of sp³-hybridized carbons (Fsp3) is 0.353. The van der Waals surface area contributed by atoms with Crippen molar-refractivity contribution in [1.29, 1.82) is 0 Å². The molecule has 0 radical (unpaired) electrons. The van der Waals surface area contributed by atoms with Crippen LogP contribution in [0.1, 0.15) is 68.4 Å². The smallest absolute Gasteiger partial charge is 0.687 e. The Kier molecular flexibility index (Phi) is 16.3. The quantitative estimate of drug-likeness (QED) is 0.290. The van der Waals surface area contributed by atoms with Crippen LogP contribution >= 0.6 is 0 Å². The van der Waals surface area contributed by atoms with E-state index in [-0.39, 0.29) is 69.0 Å². The maximum atomic E-state index is 12.3. The molecular weight excluding hydrogens is 521 g/mol. The average Bonchev–Trinajstić information content (AvgIpc) is 2.96. The van der Waals surface area contributed by atoms with E-state index in [0.717, 1.165) is 34.5 Å². The number of hydrogen-bond acceptors (Lipinski definition) is 3. The van der Waals surface area contributed by atoms with Gasteiger partial charge in [0.15, 0.2) is 5.78 Å². The van der Waals surface area contributed by atoms with Crippen LogP contribution in [0.5, 0.6) is 0 Å². The van der Waals surface area contributed by atoms with Gasteiger partial charge in [-0.05, 0) is 73.1 Å². The molecule has 1 unspecified atom stereocenters. The van der Waals surface area contributed by atoms with E-state index in [2.05, 4.69) is 56.9 Å². The summed E-state index contributed by atoms with van der Waals surface area (Å²) >= 11 is 0. The molecule has 0 aromatic heterocycles. The number of Topliss-reactive ketones (excluding diaryl/α,β-unsaturated/α-hetero) is 1. The second-order valence-corrected chi connectivity index (χ2v) is 9.94. The predicted octanol–water partition coefficient (Wildman–Crippen LogP) is 5.30. The van der Waals surface area contributed by atoms with Gasteiger partial charge in [-0.1, -0.05) is 70.2 Å². The molecule has 0 bridgehead atoms. The van der Waals surface area contributed by atoms with Gasteiger partial charge in [0.05, 0.1) is 5.70 Å². The molecule has 1 aliphatic rings. The van der Waals surface area contributed by atoms with Gasteiger partial charge in [-0.25, -0.2) is 0 Å². The third kappa shape index (κ3) is 10.3. The minimum absolute atomic E-state index is 0. The van der Waals surface area contributed by atoms with Crippen molar-refractivity contribution in [3.8, 4) is 0 Å². The maximum Gasteiger partial charge on any atom is 1.00 e. The third-order valence-corrected chi connectivity index (χ3v) is 6.83. The number of amides is 1. The van der Waals surface area contributed by atoms with Crippen LogP contribution < -0.4 is 51.4 Å². The van der Waals surface area contributed by atoms with Crippen LogP contribution in [0.4, 0.5) is 5.69 Å². The Bertz CT molecular complexity index is 1210. The molecule has 1 aliphatic heterocycles. The van der Waals surface area contributed by atoms with Crippen molar-refractivity contribution in [1.82, 2.24) is 9.80 Å². The van der Waals surface area contributed by atoms with E-state index < -0.39 is 0 Å². The molecule has 0 saturated heterocycles. The largest absolute Gasteiger partial charge is 1.00 e. The predicted molar refractivity (Wildman–Crippen MR) is 165 cm³/mol. The topological polar surface area (TPSA) is 54.7 Å². The fourth-order valence-corrected chi connectivity index (χ4v) is 4.31. The van der Waals surface area contributed by atoms with Crippen LogP contribution in [0.2, 0.25) is 0 Å². The Labute approximate surface area is 284 Å². The Hall–Kier alpha value is -2.22. The van der Waals surface area contributed by atoms with E-state index in [1.807, 2.05) is 54.6 Å². The van der Waals surface area contributed by atoms with Crippen molar-refractivity contribution in [2.45, 2.75) is 53.4 Å². The van der Waals surface area contributed by atoms with Crippen molar-refractivity contribution in [2.24, 2.45) is 5.92 Å². The molecule has 0 N–H and O–H groups in total. The van der Waals surface area contributed by atoms with Gasteiger partial charge in [0.2, 0.25) is 0 Å². The van der Waals surface area contributed by atoms with Crippen molar-refractivity contribution >= 4 is 23.0 Å². The summed E-state index contributed by atoms with van der Waals surface area (Å²) in [4.78, 5) is 27.8. The standard InChI is InChI=1S/C23H28N2O2.C11H16N.K/c1-7-16(3)22(17(4)26)21-15-20(13-14-25(21)8-2)18-9-11-19(12-10-18)23(27)24(5)6;1-3-4-5-10-6-8-11(12-2)9-7-10;/h8-16H,2,7H2,1,3-6H3;6-9H,3-5H2,1-2H3;/q;-1;+1/b22-21+;;. The summed E-state index contributed by atoms with van der Waals surface area (Å²) < 4.78 is 0. The number of allylic oxidation sites excluding steroid dienone is 4. The summed E-state index contributed by atoms with van der Waals surface area (Å²) in [5, 5.41) is 4.09. The SMILES string of the molecule is C=CN1C=CC(c2ccc(C(=O)N(C)C)cc2)=C/C1=C(\C(C)=O)C(C)CC.CCCCc1ccc([N-]C)cc1.[K+]. The normalized spacial score (nSPS) is 14.1. The van der Waals surface area contributed by atoms with Gasteiger partial charge in [0, 0.05) is 37.6 Å². The van der Waals surface area contributed by atoms with E-state index in [4.69, 9.17) is 0 Å². The Morgan fingerprint density at radius 3 is 2.15 bits per heavy atom. The van der Waals surface area contributed by atoms with Crippen molar-refractivity contribution < 1.29 is 61.0 Å². The number of carbonyl (C=O) groups is 2. The van der Waals surface area contributed by atoms with Gasteiger partial charge >= 0.3 is 51.4 Å². The van der Waals surface area contributed by atoms with Gasteiger partial charge < -0.3 is 15.1 Å². The molecule has 3 rings (SSSR count). The van der Waals surface area contributed by atoms with E-state index in [1.165, 1.54) is 24.8 Å². The monoisotopic (exact) mass is 565 g/mol. The molecule has 208 valence electrons. The number of ketones is 1. The number of carbonyl (C=O) groups excluding carboxylic acids is 2. The Balaban J connectivity index is 0.000000516. The summed E-state index contributed by atoms with van der Waals surface area (Å²) in [5.41, 5.74) is 6.79. The number of aryl methyl sites for hydroxylation is 1. The van der Waals surface area contributed by atoms with E-state index >= 15 is 0 Å². The molecule has 1 atom stereocenters. The molecule has 2 aromatic carbocycles. The van der Waals surface area contributed by atoms with E-state index in [1.54, 1.807) is 32.1 Å². The number of benzene rings is 2. The molecule has 0 aliphatic carbocycles. The maximum absolute atomic E-state index is 12.3. The van der Waals surface area contributed by atoms with Gasteiger partial charge in [-0.2, -0.15) is 0 Å². The first-order valence-corrected chi connectivity index (χ1v) is 13.7. The number of unbranched alkanes of at least 4 members (excludes halogenated alkanes) is 1. The Morgan fingerprint density at radius 1 is 1.05 bits per heavy atom. The first kappa shape index (κ1) is 35.8. The number of rotatable bonds is 10. The van der Waals surface area contributed by atoms with Gasteiger partial charge in [-0.3, -0.25) is 9.59 Å². The first-order valence-electron chi connectivity index (χ1n) is 13.7. The van der Waals surface area contributed by atoms with Gasteiger partial charge in [-0.15, -0.1) is 12.7 Å². The minimum Gasteiger partial charge on any atom is -0.687 e. The summed E-state index contributed by atoms with van der Waals surface area (Å²) in [6.07, 6.45) is 12.3. The molecule has 2 aromatic rings. The zero-order valence-corrected chi connectivity index (χ0v) is 28.8. The summed E-state index contributed by atoms with van der Waals surface area (Å²) in [7, 11) is 5.30. The van der Waals surface area contributed by atoms with Crippen LogP contribution in [0.3, 0.4) is 0 Å².